The average Bonchev–Trinajstić information content (AvgIpc) is 2.87. The second-order valence-corrected chi connectivity index (χ2v) is 9.26. The molecule has 2 N–H and O–H groups in total. The fourth-order valence-corrected chi connectivity index (χ4v) is 4.27. The first-order chi connectivity index (χ1) is 16.3. The number of carbonyl (C=O) groups excluding carboxylic acids is 1. The third-order valence-corrected chi connectivity index (χ3v) is 6.58. The number of aromatic nitrogens is 2. The monoisotopic (exact) mass is 483 g/mol. The molecule has 0 spiro atoms. The van der Waals surface area contributed by atoms with Crippen molar-refractivity contribution >= 4 is 21.7 Å². The van der Waals surface area contributed by atoms with E-state index in [2.05, 4.69) is 15.1 Å². The lowest BCUT2D eigenvalue weighted by Gasteiger charge is -2.35. The number of sulfonamides is 1. The van der Waals surface area contributed by atoms with E-state index in [1.54, 1.807) is 19.1 Å². The van der Waals surface area contributed by atoms with E-state index in [-0.39, 0.29) is 10.8 Å². The molecule has 0 radical (unpaired) electrons. The maximum absolute atomic E-state index is 12.8. The van der Waals surface area contributed by atoms with Crippen LogP contribution < -0.4 is 19.5 Å². The maximum Gasteiger partial charge on any atom is 0.253 e. The fourth-order valence-electron chi connectivity index (χ4n) is 3.75. The first-order valence-electron chi connectivity index (χ1n) is 10.5. The SMILES string of the molecule is COc1ccc(-c2ccc(N3CCN(C(=O)c4ccc(S(N)(=O)=O)cc4)CC3)nn2)cc1OC. The number of ether oxygens (including phenoxy) is 2. The zero-order valence-electron chi connectivity index (χ0n) is 18.8. The van der Waals surface area contributed by atoms with Gasteiger partial charge in [-0.3, -0.25) is 4.79 Å². The summed E-state index contributed by atoms with van der Waals surface area (Å²) in [6, 6.07) is 15.0. The third-order valence-electron chi connectivity index (χ3n) is 5.65. The molecule has 1 fully saturated rings. The molecule has 2 aromatic carbocycles. The van der Waals surface area contributed by atoms with Gasteiger partial charge >= 0.3 is 0 Å². The second-order valence-electron chi connectivity index (χ2n) is 7.70. The Balaban J connectivity index is 1.39. The topological polar surface area (TPSA) is 128 Å². The molecule has 0 bridgehead atoms. The van der Waals surface area contributed by atoms with E-state index in [4.69, 9.17) is 14.6 Å². The van der Waals surface area contributed by atoms with Gasteiger partial charge in [0.15, 0.2) is 17.3 Å². The number of methoxy groups -OCH3 is 2. The minimum atomic E-state index is -3.79. The van der Waals surface area contributed by atoms with Crippen LogP contribution in [0.3, 0.4) is 0 Å². The zero-order valence-corrected chi connectivity index (χ0v) is 19.7. The minimum Gasteiger partial charge on any atom is -0.493 e. The Hall–Kier alpha value is -3.70. The number of amides is 1. The Labute approximate surface area is 198 Å². The van der Waals surface area contributed by atoms with E-state index < -0.39 is 10.0 Å². The summed E-state index contributed by atoms with van der Waals surface area (Å²) in [6.07, 6.45) is 0. The third kappa shape index (κ3) is 4.95. The van der Waals surface area contributed by atoms with Crippen LogP contribution in [0.25, 0.3) is 11.3 Å². The highest BCUT2D eigenvalue weighted by atomic mass is 32.2. The molecule has 0 saturated carbocycles. The van der Waals surface area contributed by atoms with Crippen LogP contribution in [0.5, 0.6) is 11.5 Å². The molecule has 0 unspecified atom stereocenters. The summed E-state index contributed by atoms with van der Waals surface area (Å²) < 4.78 is 33.4. The predicted octanol–water partition coefficient (Wildman–Crippen LogP) is 1.77. The Morgan fingerprint density at radius 1 is 0.882 bits per heavy atom. The molecule has 1 aliphatic rings. The molecule has 4 rings (SSSR count). The highest BCUT2D eigenvalue weighted by Crippen LogP contribution is 2.31. The van der Waals surface area contributed by atoms with Crippen LogP contribution >= 0.6 is 0 Å². The Morgan fingerprint density at radius 2 is 1.56 bits per heavy atom. The molecule has 10 nitrogen and oxygen atoms in total. The zero-order chi connectivity index (χ0) is 24.3. The Bertz CT molecular complexity index is 1270. The molecule has 0 atom stereocenters. The van der Waals surface area contributed by atoms with Gasteiger partial charge in [0.2, 0.25) is 10.0 Å². The lowest BCUT2D eigenvalue weighted by Crippen LogP contribution is -2.49. The van der Waals surface area contributed by atoms with Crippen molar-refractivity contribution in [1.82, 2.24) is 15.1 Å². The van der Waals surface area contributed by atoms with E-state index in [1.165, 1.54) is 24.3 Å². The molecule has 178 valence electrons. The molecule has 11 heteroatoms. The number of piperazine rings is 1. The van der Waals surface area contributed by atoms with Gasteiger partial charge in [0.1, 0.15) is 0 Å². The molecule has 1 aliphatic heterocycles. The van der Waals surface area contributed by atoms with Crippen molar-refractivity contribution < 1.29 is 22.7 Å². The highest BCUT2D eigenvalue weighted by Gasteiger charge is 2.23. The molecule has 34 heavy (non-hydrogen) atoms. The van der Waals surface area contributed by atoms with Crippen molar-refractivity contribution in [3.8, 4) is 22.8 Å². The molecule has 0 aliphatic carbocycles. The summed E-state index contributed by atoms with van der Waals surface area (Å²) in [5.41, 5.74) is 1.99. The lowest BCUT2D eigenvalue weighted by molar-refractivity contribution is 0.0746. The van der Waals surface area contributed by atoms with Gasteiger partial charge in [0, 0.05) is 37.3 Å². The molecular formula is C23H25N5O5S. The maximum atomic E-state index is 12.8. The number of rotatable bonds is 6. The summed E-state index contributed by atoms with van der Waals surface area (Å²) in [5.74, 6) is 1.83. The van der Waals surface area contributed by atoms with Gasteiger partial charge in [0.05, 0.1) is 24.8 Å². The smallest absolute Gasteiger partial charge is 0.253 e. The summed E-state index contributed by atoms with van der Waals surface area (Å²) >= 11 is 0. The van der Waals surface area contributed by atoms with Crippen LogP contribution in [0.15, 0.2) is 59.5 Å². The van der Waals surface area contributed by atoms with E-state index >= 15 is 0 Å². The lowest BCUT2D eigenvalue weighted by atomic mass is 10.1. The van der Waals surface area contributed by atoms with Crippen molar-refractivity contribution in [3.63, 3.8) is 0 Å². The largest absolute Gasteiger partial charge is 0.493 e. The van der Waals surface area contributed by atoms with Crippen molar-refractivity contribution in [1.29, 1.82) is 0 Å². The fraction of sp³-hybridized carbons (Fsp3) is 0.261. The van der Waals surface area contributed by atoms with E-state index in [1.807, 2.05) is 30.3 Å². The van der Waals surface area contributed by atoms with Gasteiger partial charge in [-0.15, -0.1) is 10.2 Å². The van der Waals surface area contributed by atoms with Crippen molar-refractivity contribution in [2.75, 3.05) is 45.3 Å². The average molecular weight is 484 g/mol. The summed E-state index contributed by atoms with van der Waals surface area (Å²) in [7, 11) is -0.622. The van der Waals surface area contributed by atoms with Crippen LogP contribution in [0.1, 0.15) is 10.4 Å². The highest BCUT2D eigenvalue weighted by molar-refractivity contribution is 7.89. The number of anilines is 1. The number of hydrogen-bond donors (Lipinski definition) is 1. The quantitative estimate of drug-likeness (QED) is 0.562. The molecule has 1 amide bonds. The van der Waals surface area contributed by atoms with Crippen LogP contribution in [0.2, 0.25) is 0 Å². The van der Waals surface area contributed by atoms with Crippen LogP contribution in [0.4, 0.5) is 5.82 Å². The van der Waals surface area contributed by atoms with Crippen molar-refractivity contribution in [2.24, 2.45) is 5.14 Å². The van der Waals surface area contributed by atoms with Crippen molar-refractivity contribution in [3.05, 3.63) is 60.2 Å². The summed E-state index contributed by atoms with van der Waals surface area (Å²) in [5, 5.41) is 13.8. The van der Waals surface area contributed by atoms with Gasteiger partial charge in [-0.2, -0.15) is 0 Å². The summed E-state index contributed by atoms with van der Waals surface area (Å²) in [4.78, 5) is 16.6. The van der Waals surface area contributed by atoms with Gasteiger partial charge in [-0.05, 0) is 54.6 Å². The second kappa shape index (κ2) is 9.65. The van der Waals surface area contributed by atoms with E-state index in [0.29, 0.717) is 48.9 Å². The first-order valence-corrected chi connectivity index (χ1v) is 12.1. The predicted molar refractivity (Wildman–Crippen MR) is 127 cm³/mol. The Morgan fingerprint density at radius 3 is 2.12 bits per heavy atom. The number of nitrogens with two attached hydrogens (primary N) is 1. The van der Waals surface area contributed by atoms with E-state index in [9.17, 15) is 13.2 Å². The molecule has 1 aromatic heterocycles. The summed E-state index contributed by atoms with van der Waals surface area (Å²) in [6.45, 7) is 2.22. The van der Waals surface area contributed by atoms with Crippen molar-refractivity contribution in [2.45, 2.75) is 4.90 Å². The normalized spacial score (nSPS) is 14.1. The Kier molecular flexibility index (Phi) is 6.66. The standard InChI is InChI=1S/C23H25N5O5S/c1-32-20-9-5-17(15-21(20)33-2)19-8-10-22(26-25-19)27-11-13-28(14-12-27)23(29)16-3-6-18(7-4-16)34(24,30)31/h3-10,15H,11-14H2,1-2H3,(H2,24,30,31). The number of nitrogens with zero attached hydrogens (tertiary/aromatic N) is 4. The molecule has 1 saturated heterocycles. The first kappa shape index (κ1) is 23.5. The minimum absolute atomic E-state index is 0.0241. The van der Waals surface area contributed by atoms with Gasteiger partial charge in [0.25, 0.3) is 5.91 Å². The molecule has 2 heterocycles. The van der Waals surface area contributed by atoms with Gasteiger partial charge < -0.3 is 19.3 Å². The number of hydrogen-bond acceptors (Lipinski definition) is 8. The molecule has 3 aromatic rings. The van der Waals surface area contributed by atoms with Gasteiger partial charge in [-0.1, -0.05) is 0 Å². The number of carbonyl (C=O) groups is 1. The van der Waals surface area contributed by atoms with Crippen LogP contribution in [0, 0.1) is 0 Å². The number of benzene rings is 2. The molecular weight excluding hydrogens is 458 g/mol. The van der Waals surface area contributed by atoms with Crippen LogP contribution in [-0.4, -0.2) is 69.8 Å². The van der Waals surface area contributed by atoms with Crippen LogP contribution in [-0.2, 0) is 10.0 Å². The van der Waals surface area contributed by atoms with Gasteiger partial charge in [-0.25, -0.2) is 13.6 Å². The van der Waals surface area contributed by atoms with E-state index in [0.717, 1.165) is 11.4 Å². The number of primary sulfonamides is 1.